The van der Waals surface area contributed by atoms with Crippen LogP contribution >= 0.6 is 24.0 Å². The summed E-state index contributed by atoms with van der Waals surface area (Å²) in [6.45, 7) is 7.80. The average molecular weight is 551 g/mol. The first-order chi connectivity index (χ1) is 15.0. The van der Waals surface area contributed by atoms with Crippen molar-refractivity contribution < 1.29 is 9.84 Å². The lowest BCUT2D eigenvalue weighted by molar-refractivity contribution is 0.186. The molecule has 3 aromatic rings. The highest BCUT2D eigenvalue weighted by Crippen LogP contribution is 2.19. The smallest absolute Gasteiger partial charge is 0.191 e. The molecular weight excluding hydrogens is 517 g/mol. The first-order valence-corrected chi connectivity index (χ1v) is 11.0. The normalized spacial score (nSPS) is 12.5. The molecule has 0 saturated heterocycles. The van der Waals surface area contributed by atoms with E-state index in [0.29, 0.717) is 5.96 Å². The SMILES string of the molecule is CCNC(=NCC(O)c1ccc(OC(C)C)cc1)NCCCc1nc2ccccc2[nH]1.I. The van der Waals surface area contributed by atoms with Crippen LogP contribution in [0.4, 0.5) is 0 Å². The van der Waals surface area contributed by atoms with Crippen LogP contribution in [-0.4, -0.2) is 46.8 Å². The van der Waals surface area contributed by atoms with Crippen LogP contribution < -0.4 is 15.4 Å². The fourth-order valence-corrected chi connectivity index (χ4v) is 3.25. The fourth-order valence-electron chi connectivity index (χ4n) is 3.25. The first-order valence-electron chi connectivity index (χ1n) is 11.0. The second kappa shape index (κ2) is 13.3. The van der Waals surface area contributed by atoms with E-state index in [2.05, 4.69) is 25.6 Å². The average Bonchev–Trinajstić information content (AvgIpc) is 3.17. The van der Waals surface area contributed by atoms with E-state index in [1.807, 2.05) is 69.3 Å². The predicted octanol–water partition coefficient (Wildman–Crippen LogP) is 4.19. The molecule has 174 valence electrons. The number of hydrogen-bond acceptors (Lipinski definition) is 4. The number of aryl methyl sites for hydroxylation is 1. The third kappa shape index (κ3) is 7.98. The molecule has 0 bridgehead atoms. The van der Waals surface area contributed by atoms with Gasteiger partial charge in [-0.25, -0.2) is 4.98 Å². The Hall–Kier alpha value is -2.33. The van der Waals surface area contributed by atoms with Gasteiger partial charge in [0, 0.05) is 19.5 Å². The molecule has 1 aromatic heterocycles. The number of nitrogens with zero attached hydrogens (tertiary/aromatic N) is 2. The van der Waals surface area contributed by atoms with Gasteiger partial charge in [-0.1, -0.05) is 24.3 Å². The van der Waals surface area contributed by atoms with Crippen molar-refractivity contribution in [2.24, 2.45) is 4.99 Å². The van der Waals surface area contributed by atoms with Crippen LogP contribution in [0.15, 0.2) is 53.5 Å². The quantitative estimate of drug-likeness (QED) is 0.131. The number of para-hydroxylation sites is 2. The Morgan fingerprint density at radius 1 is 1.12 bits per heavy atom. The maximum atomic E-state index is 10.5. The van der Waals surface area contributed by atoms with Gasteiger partial charge in [0.05, 0.1) is 29.8 Å². The van der Waals surface area contributed by atoms with E-state index in [-0.39, 0.29) is 36.6 Å². The Kier molecular flexibility index (Phi) is 10.8. The molecule has 2 aromatic carbocycles. The number of aliphatic hydroxyl groups excluding tert-OH is 1. The largest absolute Gasteiger partial charge is 0.491 e. The summed E-state index contributed by atoms with van der Waals surface area (Å²) in [5.41, 5.74) is 2.89. The van der Waals surface area contributed by atoms with Crippen LogP contribution in [0.5, 0.6) is 5.75 Å². The Balaban J connectivity index is 0.00000363. The van der Waals surface area contributed by atoms with Gasteiger partial charge in [-0.3, -0.25) is 4.99 Å². The molecule has 0 spiro atoms. The second-order valence-corrected chi connectivity index (χ2v) is 7.70. The highest BCUT2D eigenvalue weighted by atomic mass is 127. The monoisotopic (exact) mass is 551 g/mol. The highest BCUT2D eigenvalue weighted by Gasteiger charge is 2.09. The minimum Gasteiger partial charge on any atom is -0.491 e. The first kappa shape index (κ1) is 25.9. The number of nitrogens with one attached hydrogen (secondary N) is 3. The van der Waals surface area contributed by atoms with E-state index < -0.39 is 6.10 Å². The molecule has 7 nitrogen and oxygen atoms in total. The van der Waals surface area contributed by atoms with Crippen molar-refractivity contribution in [3.8, 4) is 5.75 Å². The predicted molar refractivity (Wildman–Crippen MR) is 141 cm³/mol. The Labute approximate surface area is 207 Å². The zero-order valence-corrected chi connectivity index (χ0v) is 21.3. The lowest BCUT2D eigenvalue weighted by Gasteiger charge is -2.14. The van der Waals surface area contributed by atoms with E-state index in [1.54, 1.807) is 0 Å². The van der Waals surface area contributed by atoms with Crippen LogP contribution in [0, 0.1) is 0 Å². The molecule has 0 amide bonds. The lowest BCUT2D eigenvalue weighted by Crippen LogP contribution is -2.38. The van der Waals surface area contributed by atoms with Crippen molar-refractivity contribution in [3.63, 3.8) is 0 Å². The zero-order valence-electron chi connectivity index (χ0n) is 19.0. The number of aliphatic imine (C=N–C) groups is 1. The molecule has 1 heterocycles. The van der Waals surface area contributed by atoms with Gasteiger partial charge in [0.2, 0.25) is 0 Å². The maximum Gasteiger partial charge on any atom is 0.191 e. The topological polar surface area (TPSA) is 94.6 Å². The number of ether oxygens (including phenoxy) is 1. The van der Waals surface area contributed by atoms with Crippen molar-refractivity contribution in [2.45, 2.75) is 45.8 Å². The van der Waals surface area contributed by atoms with Gasteiger partial charge >= 0.3 is 0 Å². The molecule has 0 fully saturated rings. The summed E-state index contributed by atoms with van der Waals surface area (Å²) in [5.74, 6) is 2.49. The van der Waals surface area contributed by atoms with Gasteiger partial charge in [0.1, 0.15) is 11.6 Å². The number of guanidine groups is 1. The molecule has 4 N–H and O–H groups in total. The molecule has 1 unspecified atom stereocenters. The summed E-state index contributed by atoms with van der Waals surface area (Å²) in [7, 11) is 0. The Bertz CT molecular complexity index is 939. The summed E-state index contributed by atoms with van der Waals surface area (Å²) < 4.78 is 5.65. The molecular formula is C24H34IN5O2. The fraction of sp³-hybridized carbons (Fsp3) is 0.417. The molecule has 0 saturated carbocycles. The van der Waals surface area contributed by atoms with Gasteiger partial charge in [-0.2, -0.15) is 0 Å². The molecule has 0 aliphatic heterocycles. The van der Waals surface area contributed by atoms with E-state index in [1.165, 1.54) is 0 Å². The Morgan fingerprint density at radius 3 is 2.56 bits per heavy atom. The highest BCUT2D eigenvalue weighted by molar-refractivity contribution is 14.0. The zero-order chi connectivity index (χ0) is 22.1. The van der Waals surface area contributed by atoms with E-state index in [4.69, 9.17) is 4.74 Å². The number of halogens is 1. The van der Waals surface area contributed by atoms with Crippen LogP contribution in [0.2, 0.25) is 0 Å². The number of aromatic nitrogens is 2. The van der Waals surface area contributed by atoms with Crippen molar-refractivity contribution in [1.82, 2.24) is 20.6 Å². The Morgan fingerprint density at radius 2 is 1.88 bits per heavy atom. The number of aliphatic hydroxyl groups is 1. The molecule has 8 heteroatoms. The van der Waals surface area contributed by atoms with Crippen LogP contribution in [-0.2, 0) is 6.42 Å². The minimum atomic E-state index is -0.667. The number of benzene rings is 2. The summed E-state index contributed by atoms with van der Waals surface area (Å²) in [5, 5.41) is 17.0. The van der Waals surface area contributed by atoms with E-state index in [9.17, 15) is 5.11 Å². The standard InChI is InChI=1S/C24H33N5O2.HI/c1-4-25-24(26-15-7-10-23-28-20-8-5-6-9-21(20)29-23)27-16-22(30)18-11-13-19(14-12-18)31-17(2)3;/h5-6,8-9,11-14,17,22,30H,4,7,10,15-16H2,1-3H3,(H,28,29)(H2,25,26,27);1H. The van der Waals surface area contributed by atoms with E-state index >= 15 is 0 Å². The van der Waals surface area contributed by atoms with Gasteiger partial charge in [-0.05, 0) is 57.0 Å². The number of fused-ring (bicyclic) bond motifs is 1. The molecule has 3 rings (SSSR count). The number of hydrogen-bond donors (Lipinski definition) is 4. The van der Waals surface area contributed by atoms with Gasteiger partial charge in [0.15, 0.2) is 5.96 Å². The van der Waals surface area contributed by atoms with Crippen molar-refractivity contribution in [3.05, 3.63) is 59.9 Å². The molecule has 0 aliphatic carbocycles. The van der Waals surface area contributed by atoms with Crippen molar-refractivity contribution in [1.29, 1.82) is 0 Å². The van der Waals surface area contributed by atoms with Crippen LogP contribution in [0.25, 0.3) is 11.0 Å². The van der Waals surface area contributed by atoms with Crippen LogP contribution in [0.3, 0.4) is 0 Å². The number of aromatic amines is 1. The summed E-state index contributed by atoms with van der Waals surface area (Å²) in [6.07, 6.45) is 1.23. The third-order valence-electron chi connectivity index (χ3n) is 4.72. The summed E-state index contributed by atoms with van der Waals surface area (Å²) in [6, 6.07) is 15.6. The van der Waals surface area contributed by atoms with E-state index in [0.717, 1.165) is 54.1 Å². The summed E-state index contributed by atoms with van der Waals surface area (Å²) in [4.78, 5) is 12.5. The number of H-pyrrole nitrogens is 1. The van der Waals surface area contributed by atoms with Crippen molar-refractivity contribution >= 4 is 41.0 Å². The molecule has 0 radical (unpaired) electrons. The number of rotatable bonds is 10. The molecule has 1 atom stereocenters. The minimum absolute atomic E-state index is 0. The summed E-state index contributed by atoms with van der Waals surface area (Å²) >= 11 is 0. The number of imidazole rings is 1. The van der Waals surface area contributed by atoms with Crippen LogP contribution in [0.1, 0.15) is 44.7 Å². The third-order valence-corrected chi connectivity index (χ3v) is 4.72. The molecule has 0 aliphatic rings. The van der Waals surface area contributed by atoms with Gasteiger partial charge in [0.25, 0.3) is 0 Å². The second-order valence-electron chi connectivity index (χ2n) is 7.70. The van der Waals surface area contributed by atoms with Crippen molar-refractivity contribution in [2.75, 3.05) is 19.6 Å². The lowest BCUT2D eigenvalue weighted by atomic mass is 10.1. The van der Waals surface area contributed by atoms with Gasteiger partial charge < -0.3 is 25.5 Å². The maximum absolute atomic E-state index is 10.5. The molecule has 32 heavy (non-hydrogen) atoms. The van der Waals surface area contributed by atoms with Gasteiger partial charge in [-0.15, -0.1) is 24.0 Å².